The van der Waals surface area contributed by atoms with Gasteiger partial charge in [-0.25, -0.2) is 4.57 Å². The normalized spacial score (nSPS) is 12.3. The molecule has 0 aliphatic carbocycles. The summed E-state index contributed by atoms with van der Waals surface area (Å²) in [5.74, 6) is 0.340. The molecule has 0 spiro atoms. The number of hydrogen-bond donors (Lipinski definition) is 1. The third-order valence-corrected chi connectivity index (χ3v) is 7.72. The van der Waals surface area contributed by atoms with Crippen molar-refractivity contribution >= 4 is 24.1 Å². The van der Waals surface area contributed by atoms with Crippen LogP contribution in [0.2, 0.25) is 0 Å². The van der Waals surface area contributed by atoms with Crippen LogP contribution in [0.3, 0.4) is 0 Å². The Balaban J connectivity index is 1.76. The van der Waals surface area contributed by atoms with Crippen molar-refractivity contribution in [1.29, 1.82) is 0 Å². The fourth-order valence-corrected chi connectivity index (χ4v) is 5.76. The number of aromatic nitrogens is 2. The van der Waals surface area contributed by atoms with Gasteiger partial charge in [0.1, 0.15) is 16.5 Å². The van der Waals surface area contributed by atoms with Crippen LogP contribution in [0, 0.1) is 0 Å². The highest BCUT2D eigenvalue weighted by atomic mass is 32.1. The van der Waals surface area contributed by atoms with E-state index in [1.807, 2.05) is 66.7 Å². The zero-order chi connectivity index (χ0) is 22.4. The number of para-hydroxylation sites is 2. The Morgan fingerprint density at radius 2 is 1.28 bits per heavy atom. The Labute approximate surface area is 191 Å². The molecule has 1 heterocycles. The van der Waals surface area contributed by atoms with Gasteiger partial charge in [0.2, 0.25) is 5.13 Å². The SMILES string of the molecule is CC(C)c1nnc(NC(c2ccccc2)P(=O)(Oc2ccccc2)Oc2ccccc2)s1. The van der Waals surface area contributed by atoms with Crippen molar-refractivity contribution in [2.75, 3.05) is 5.32 Å². The lowest BCUT2D eigenvalue weighted by molar-refractivity contribution is 0.376. The molecule has 0 saturated heterocycles. The van der Waals surface area contributed by atoms with Crippen LogP contribution >= 0.6 is 18.9 Å². The fraction of sp³-hybridized carbons (Fsp3) is 0.167. The molecule has 0 bridgehead atoms. The second kappa shape index (κ2) is 9.98. The maximum atomic E-state index is 14.4. The van der Waals surface area contributed by atoms with E-state index in [9.17, 15) is 4.57 Å². The van der Waals surface area contributed by atoms with E-state index < -0.39 is 13.4 Å². The molecule has 0 aliphatic heterocycles. The summed E-state index contributed by atoms with van der Waals surface area (Å²) in [6.07, 6.45) is 0. The Morgan fingerprint density at radius 3 is 1.75 bits per heavy atom. The molecule has 0 fully saturated rings. The van der Waals surface area contributed by atoms with Crippen molar-refractivity contribution in [3.05, 3.63) is 102 Å². The zero-order valence-electron chi connectivity index (χ0n) is 17.8. The van der Waals surface area contributed by atoms with Crippen LogP contribution in [0.1, 0.15) is 36.1 Å². The second-order valence-electron chi connectivity index (χ2n) is 7.41. The van der Waals surface area contributed by atoms with Crippen molar-refractivity contribution < 1.29 is 13.6 Å². The number of rotatable bonds is 9. The lowest BCUT2D eigenvalue weighted by Crippen LogP contribution is -2.18. The fourth-order valence-electron chi connectivity index (χ4n) is 3.00. The molecular formula is C24H24N3O3PS. The average molecular weight is 466 g/mol. The van der Waals surface area contributed by atoms with Gasteiger partial charge in [-0.3, -0.25) is 0 Å². The second-order valence-corrected chi connectivity index (χ2v) is 10.4. The molecule has 0 radical (unpaired) electrons. The molecule has 1 unspecified atom stereocenters. The first kappa shape index (κ1) is 22.1. The first-order valence-electron chi connectivity index (χ1n) is 10.3. The predicted octanol–water partition coefficient (Wildman–Crippen LogP) is 7.12. The largest absolute Gasteiger partial charge is 0.457 e. The molecule has 1 atom stereocenters. The number of benzene rings is 3. The molecule has 32 heavy (non-hydrogen) atoms. The molecule has 1 N–H and O–H groups in total. The molecule has 4 rings (SSSR count). The van der Waals surface area contributed by atoms with E-state index in [-0.39, 0.29) is 5.92 Å². The summed E-state index contributed by atoms with van der Waals surface area (Å²) in [6.45, 7) is 4.11. The van der Waals surface area contributed by atoms with Crippen LogP contribution in [0.25, 0.3) is 0 Å². The standard InChI is InChI=1S/C24H24N3O3PS/c1-18(2)23-26-27-24(32-23)25-22(19-12-6-3-7-13-19)31(28,29-20-14-8-4-9-15-20)30-21-16-10-5-11-17-21/h3-18,22H,1-2H3,(H,25,27). The Kier molecular flexibility index (Phi) is 6.88. The van der Waals surface area contributed by atoms with Crippen molar-refractivity contribution in [2.24, 2.45) is 0 Å². The Morgan fingerprint density at radius 1 is 0.781 bits per heavy atom. The summed E-state index contributed by atoms with van der Waals surface area (Å²) in [4.78, 5) is 0. The number of nitrogens with one attached hydrogen (secondary N) is 1. The summed E-state index contributed by atoms with van der Waals surface area (Å²) in [5, 5.41) is 13.2. The highest BCUT2D eigenvalue weighted by Crippen LogP contribution is 2.60. The van der Waals surface area contributed by atoms with E-state index in [1.54, 1.807) is 24.3 Å². The van der Waals surface area contributed by atoms with E-state index in [2.05, 4.69) is 29.4 Å². The molecule has 8 heteroatoms. The lowest BCUT2D eigenvalue weighted by atomic mass is 10.2. The van der Waals surface area contributed by atoms with Gasteiger partial charge >= 0.3 is 7.60 Å². The monoisotopic (exact) mass is 465 g/mol. The first-order chi connectivity index (χ1) is 15.5. The van der Waals surface area contributed by atoms with E-state index in [1.165, 1.54) is 11.3 Å². The van der Waals surface area contributed by atoms with E-state index in [0.717, 1.165) is 10.6 Å². The van der Waals surface area contributed by atoms with Crippen molar-refractivity contribution in [3.8, 4) is 11.5 Å². The van der Waals surface area contributed by atoms with E-state index in [0.29, 0.717) is 16.6 Å². The minimum atomic E-state index is -3.85. The van der Waals surface area contributed by atoms with Gasteiger partial charge in [0.15, 0.2) is 5.78 Å². The maximum absolute atomic E-state index is 14.4. The van der Waals surface area contributed by atoms with Gasteiger partial charge < -0.3 is 14.4 Å². The van der Waals surface area contributed by atoms with Crippen LogP contribution in [0.5, 0.6) is 11.5 Å². The quantitative estimate of drug-likeness (QED) is 0.265. The van der Waals surface area contributed by atoms with Crippen LogP contribution in [0.4, 0.5) is 5.13 Å². The van der Waals surface area contributed by atoms with Crippen LogP contribution in [-0.4, -0.2) is 10.2 Å². The lowest BCUT2D eigenvalue weighted by Gasteiger charge is -2.28. The number of hydrogen-bond acceptors (Lipinski definition) is 7. The van der Waals surface area contributed by atoms with Crippen LogP contribution < -0.4 is 14.4 Å². The van der Waals surface area contributed by atoms with Crippen LogP contribution in [0.15, 0.2) is 91.0 Å². The van der Waals surface area contributed by atoms with Crippen molar-refractivity contribution in [1.82, 2.24) is 10.2 Å². The molecule has 0 saturated carbocycles. The molecular weight excluding hydrogens is 441 g/mol. The third kappa shape index (κ3) is 5.36. The minimum Gasteiger partial charge on any atom is -0.414 e. The topological polar surface area (TPSA) is 73.3 Å². The highest BCUT2D eigenvalue weighted by Gasteiger charge is 2.41. The van der Waals surface area contributed by atoms with E-state index in [4.69, 9.17) is 9.05 Å². The summed E-state index contributed by atoms with van der Waals surface area (Å²) < 4.78 is 26.6. The van der Waals surface area contributed by atoms with Gasteiger partial charge in [0.25, 0.3) is 0 Å². The van der Waals surface area contributed by atoms with Gasteiger partial charge in [-0.15, -0.1) is 10.2 Å². The molecule has 164 valence electrons. The van der Waals surface area contributed by atoms with Gasteiger partial charge in [-0.05, 0) is 29.8 Å². The van der Waals surface area contributed by atoms with E-state index >= 15 is 0 Å². The maximum Gasteiger partial charge on any atom is 0.457 e. The Hall–Kier alpha value is -3.15. The van der Waals surface area contributed by atoms with Crippen LogP contribution in [-0.2, 0) is 4.57 Å². The average Bonchev–Trinajstić information content (AvgIpc) is 3.28. The van der Waals surface area contributed by atoms with Gasteiger partial charge in [-0.2, -0.15) is 0 Å². The smallest absolute Gasteiger partial charge is 0.414 e. The predicted molar refractivity (Wildman–Crippen MR) is 129 cm³/mol. The zero-order valence-corrected chi connectivity index (χ0v) is 19.5. The number of nitrogens with zero attached hydrogens (tertiary/aromatic N) is 2. The number of anilines is 1. The molecule has 0 aliphatic rings. The van der Waals surface area contributed by atoms with Gasteiger partial charge in [-0.1, -0.05) is 91.9 Å². The molecule has 1 aromatic heterocycles. The summed E-state index contributed by atoms with van der Waals surface area (Å²) in [5.41, 5.74) is 0.754. The Bertz CT molecular complexity index is 1130. The first-order valence-corrected chi connectivity index (χ1v) is 12.7. The molecule has 3 aromatic carbocycles. The molecule has 0 amide bonds. The van der Waals surface area contributed by atoms with Gasteiger partial charge in [0.05, 0.1) is 0 Å². The van der Waals surface area contributed by atoms with Crippen molar-refractivity contribution in [2.45, 2.75) is 25.5 Å². The van der Waals surface area contributed by atoms with Gasteiger partial charge in [0, 0.05) is 5.92 Å². The molecule has 6 nitrogen and oxygen atoms in total. The summed E-state index contributed by atoms with van der Waals surface area (Å²) >= 11 is 1.43. The minimum absolute atomic E-state index is 0.242. The third-order valence-electron chi connectivity index (χ3n) is 4.58. The molecule has 4 aromatic rings. The van der Waals surface area contributed by atoms with Crippen molar-refractivity contribution in [3.63, 3.8) is 0 Å². The summed E-state index contributed by atoms with van der Waals surface area (Å²) in [7, 11) is -3.85. The summed E-state index contributed by atoms with van der Waals surface area (Å²) in [6, 6.07) is 27.5. The highest BCUT2D eigenvalue weighted by molar-refractivity contribution is 7.55.